The van der Waals surface area contributed by atoms with E-state index in [1.807, 2.05) is 13.0 Å². The Hall–Kier alpha value is -5.44. The molecule has 1 saturated heterocycles. The van der Waals surface area contributed by atoms with Crippen LogP contribution in [0.15, 0.2) is 60.2 Å². The molecule has 66 heavy (non-hydrogen) atoms. The Bertz CT molecular complexity index is 2130. The maximum Gasteiger partial charge on any atom is 0.338 e. The first-order valence-corrected chi connectivity index (χ1v) is 22.7. The molecule has 2 heterocycles. The summed E-state index contributed by atoms with van der Waals surface area (Å²) in [5.41, 5.74) is 0.829. The number of benzene rings is 2. The zero-order valence-corrected chi connectivity index (χ0v) is 38.1. The SMILES string of the molecule is C#CCOCCOCCOC(=O)CNCC(=O)Nc1ccc(C(=O)c2ccc(C(=O)OCCCCC(=O)OC[C@@]3(C)C4CCC5(C)OC(C6=CCOC6=O)CC5[C@]4(C)CC[C@H]3O)cc2)cc1. The highest BCUT2D eigenvalue weighted by Gasteiger charge is 2.65. The molecule has 2 aliphatic carbocycles. The molecule has 0 radical (unpaired) electrons. The number of cyclic esters (lactones) is 1. The Morgan fingerprint density at radius 3 is 2.21 bits per heavy atom. The van der Waals surface area contributed by atoms with E-state index in [2.05, 4.69) is 30.4 Å². The molecule has 2 aromatic rings. The molecule has 2 saturated carbocycles. The number of aliphatic hydroxyl groups is 1. The average Bonchev–Trinajstić information content (AvgIpc) is 3.90. The number of ketones is 1. The number of aliphatic hydroxyl groups excluding tert-OH is 1. The summed E-state index contributed by atoms with van der Waals surface area (Å²) in [7, 11) is 0. The third kappa shape index (κ3) is 12.3. The van der Waals surface area contributed by atoms with Crippen molar-refractivity contribution in [3.8, 4) is 12.3 Å². The van der Waals surface area contributed by atoms with Crippen LogP contribution in [-0.2, 0) is 52.3 Å². The van der Waals surface area contributed by atoms with Gasteiger partial charge in [0.15, 0.2) is 5.78 Å². The van der Waals surface area contributed by atoms with E-state index >= 15 is 0 Å². The number of carbonyl (C=O) groups is 6. The summed E-state index contributed by atoms with van der Waals surface area (Å²) in [5.74, 6) is 0.140. The monoisotopic (exact) mass is 914 g/mol. The fraction of sp³-hybridized carbons (Fsp3) is 0.560. The molecule has 7 atom stereocenters. The number of fused-ring (bicyclic) bond motifs is 3. The van der Waals surface area contributed by atoms with Gasteiger partial charge >= 0.3 is 23.9 Å². The lowest BCUT2D eigenvalue weighted by Gasteiger charge is -2.61. The van der Waals surface area contributed by atoms with E-state index in [1.165, 1.54) is 24.3 Å². The number of hydrogen-bond donors (Lipinski definition) is 3. The molecule has 4 unspecified atom stereocenters. The fourth-order valence-electron chi connectivity index (χ4n) is 10.2. The molecule has 4 aliphatic rings. The van der Waals surface area contributed by atoms with Crippen LogP contribution in [0.3, 0.4) is 0 Å². The van der Waals surface area contributed by atoms with Crippen molar-refractivity contribution in [3.05, 3.63) is 76.9 Å². The molecular weight excluding hydrogens is 853 g/mol. The molecule has 2 aliphatic heterocycles. The minimum absolute atomic E-state index is 0.0605. The summed E-state index contributed by atoms with van der Waals surface area (Å²) >= 11 is 0. The Morgan fingerprint density at radius 2 is 1.50 bits per heavy atom. The van der Waals surface area contributed by atoms with Crippen LogP contribution in [-0.4, -0.2) is 124 Å². The van der Waals surface area contributed by atoms with Gasteiger partial charge in [0.2, 0.25) is 5.91 Å². The number of hydrogen-bond acceptors (Lipinski definition) is 15. The number of anilines is 1. The lowest BCUT2D eigenvalue weighted by Crippen LogP contribution is -2.61. The van der Waals surface area contributed by atoms with Crippen molar-refractivity contribution < 1.29 is 67.0 Å². The number of rotatable bonds is 23. The number of terminal acetylenes is 1. The van der Waals surface area contributed by atoms with Gasteiger partial charge in [0.25, 0.3) is 0 Å². The van der Waals surface area contributed by atoms with E-state index in [-0.39, 0.29) is 106 Å². The van der Waals surface area contributed by atoms with Crippen LogP contribution in [0.25, 0.3) is 0 Å². The van der Waals surface area contributed by atoms with Gasteiger partial charge in [-0.3, -0.25) is 24.5 Å². The first-order chi connectivity index (χ1) is 31.7. The third-order valence-electron chi connectivity index (χ3n) is 13.7. The molecule has 6 rings (SSSR count). The van der Waals surface area contributed by atoms with E-state index in [0.717, 1.165) is 19.3 Å². The zero-order chi connectivity index (χ0) is 47.3. The minimum Gasteiger partial charge on any atom is -0.465 e. The molecule has 2 aromatic carbocycles. The van der Waals surface area contributed by atoms with Crippen LogP contribution in [0.5, 0.6) is 0 Å². The number of amides is 1. The van der Waals surface area contributed by atoms with Gasteiger partial charge in [0.1, 0.15) is 19.8 Å². The molecule has 0 aromatic heterocycles. The first-order valence-electron chi connectivity index (χ1n) is 22.7. The van der Waals surface area contributed by atoms with Crippen molar-refractivity contribution in [2.24, 2.45) is 22.7 Å². The van der Waals surface area contributed by atoms with Crippen molar-refractivity contribution in [1.29, 1.82) is 0 Å². The summed E-state index contributed by atoms with van der Waals surface area (Å²) in [5, 5.41) is 16.8. The Balaban J connectivity index is 0.858. The smallest absolute Gasteiger partial charge is 0.338 e. The lowest BCUT2D eigenvalue weighted by molar-refractivity contribution is -0.203. The normalized spacial score (nSPS) is 26.5. The quantitative estimate of drug-likeness (QED) is 0.0452. The summed E-state index contributed by atoms with van der Waals surface area (Å²) in [6, 6.07) is 12.4. The number of carbonyl (C=O) groups excluding carboxylic acids is 6. The Labute approximate surface area is 385 Å². The number of unbranched alkanes of at least 4 members (excludes halogenated alkanes) is 1. The van der Waals surface area contributed by atoms with E-state index in [1.54, 1.807) is 24.3 Å². The van der Waals surface area contributed by atoms with Gasteiger partial charge in [-0.15, -0.1) is 6.42 Å². The average molecular weight is 915 g/mol. The van der Waals surface area contributed by atoms with E-state index in [9.17, 15) is 33.9 Å². The largest absolute Gasteiger partial charge is 0.465 e. The molecule has 0 spiro atoms. The van der Waals surface area contributed by atoms with Gasteiger partial charge in [0.05, 0.1) is 75.1 Å². The predicted molar refractivity (Wildman–Crippen MR) is 239 cm³/mol. The van der Waals surface area contributed by atoms with E-state index in [0.29, 0.717) is 61.3 Å². The molecule has 3 fully saturated rings. The van der Waals surface area contributed by atoms with Crippen LogP contribution in [0.2, 0.25) is 0 Å². The highest BCUT2D eigenvalue weighted by atomic mass is 16.6. The predicted octanol–water partition coefficient (Wildman–Crippen LogP) is 4.75. The summed E-state index contributed by atoms with van der Waals surface area (Å²) in [6.45, 7) is 7.73. The van der Waals surface area contributed by atoms with Crippen LogP contribution >= 0.6 is 0 Å². The second kappa shape index (κ2) is 22.8. The summed E-state index contributed by atoms with van der Waals surface area (Å²) in [4.78, 5) is 75.5. The van der Waals surface area contributed by atoms with Gasteiger partial charge < -0.3 is 43.6 Å². The molecule has 356 valence electrons. The van der Waals surface area contributed by atoms with E-state index < -0.39 is 35.0 Å². The second-order valence-corrected chi connectivity index (χ2v) is 18.1. The van der Waals surface area contributed by atoms with Crippen LogP contribution in [0, 0.1) is 35.0 Å². The highest BCUT2D eigenvalue weighted by molar-refractivity contribution is 6.09. The van der Waals surface area contributed by atoms with Gasteiger partial charge in [-0.25, -0.2) is 9.59 Å². The number of esters is 4. The maximum absolute atomic E-state index is 13.1. The van der Waals surface area contributed by atoms with Crippen molar-refractivity contribution in [1.82, 2.24) is 5.32 Å². The fourth-order valence-corrected chi connectivity index (χ4v) is 10.2. The molecule has 0 bridgehead atoms. The minimum atomic E-state index is -0.647. The Kier molecular flexibility index (Phi) is 17.3. The molecule has 3 N–H and O–H groups in total. The number of ether oxygens (including phenoxy) is 7. The molecule has 1 amide bonds. The van der Waals surface area contributed by atoms with Gasteiger partial charge in [-0.05, 0) is 112 Å². The third-order valence-corrected chi connectivity index (χ3v) is 13.7. The standard InChI is InChI=1S/C50H62N2O14/c1-5-22-60-25-26-61-27-28-62-44(56)31-51-30-42(54)52-36-15-13-34(14-16-36)45(57)33-9-11-35(12-10-33)46(58)63-23-7-6-8-43(55)65-32-49(3)39-17-21-50(4)40(48(39,2)20-18-41(49)53)29-38(66-50)37-19-24-64-47(37)59/h1,9-16,19,38-41,51,53H,6-8,17-18,20-32H2,2-4H3,(H,52,54)/t38?,39?,40?,41-,48-,49+,50?/m1/s1. The van der Waals surface area contributed by atoms with Crippen molar-refractivity contribution in [2.45, 2.75) is 89.9 Å². The topological polar surface area (TPSA) is 211 Å². The van der Waals surface area contributed by atoms with Gasteiger partial charge in [0, 0.05) is 28.7 Å². The molecule has 16 heteroatoms. The summed E-state index contributed by atoms with van der Waals surface area (Å²) < 4.78 is 38.4. The first kappa shape index (κ1) is 50.0. The van der Waals surface area contributed by atoms with Crippen LogP contribution in [0.4, 0.5) is 5.69 Å². The Morgan fingerprint density at radius 1 is 0.803 bits per heavy atom. The van der Waals surface area contributed by atoms with Gasteiger partial charge in [-0.1, -0.05) is 31.9 Å². The molecule has 16 nitrogen and oxygen atoms in total. The van der Waals surface area contributed by atoms with Gasteiger partial charge in [-0.2, -0.15) is 0 Å². The van der Waals surface area contributed by atoms with Crippen molar-refractivity contribution in [3.63, 3.8) is 0 Å². The zero-order valence-electron chi connectivity index (χ0n) is 38.1. The second-order valence-electron chi connectivity index (χ2n) is 18.1. The molecular formula is C50H62N2O14. The maximum atomic E-state index is 13.1. The van der Waals surface area contributed by atoms with Crippen LogP contribution < -0.4 is 10.6 Å². The van der Waals surface area contributed by atoms with Crippen molar-refractivity contribution in [2.75, 3.05) is 71.3 Å². The van der Waals surface area contributed by atoms with Crippen molar-refractivity contribution >= 4 is 41.3 Å². The summed E-state index contributed by atoms with van der Waals surface area (Å²) in [6.07, 6.45) is 10.7. The number of nitrogens with one attached hydrogen (secondary N) is 2. The lowest BCUT2D eigenvalue weighted by atomic mass is 9.44. The van der Waals surface area contributed by atoms with E-state index in [4.69, 9.17) is 39.6 Å². The van der Waals surface area contributed by atoms with Crippen LogP contribution in [0.1, 0.15) is 98.4 Å². The highest BCUT2D eigenvalue weighted by Crippen LogP contribution is 2.66.